The van der Waals surface area contributed by atoms with Crippen molar-refractivity contribution in [1.29, 1.82) is 0 Å². The normalized spacial score (nSPS) is 15.7. The first-order valence-corrected chi connectivity index (χ1v) is 7.26. The van der Waals surface area contributed by atoms with E-state index in [-0.39, 0.29) is 0 Å². The van der Waals surface area contributed by atoms with Gasteiger partial charge in [0.05, 0.1) is 7.11 Å². The van der Waals surface area contributed by atoms with E-state index in [1.165, 1.54) is 25.9 Å². The first-order valence-electron chi connectivity index (χ1n) is 7.26. The summed E-state index contributed by atoms with van der Waals surface area (Å²) in [5.74, 6) is 1.84. The molecular weight excluding hydrogens is 250 g/mol. The van der Waals surface area contributed by atoms with Gasteiger partial charge in [0, 0.05) is 30.1 Å². The summed E-state index contributed by atoms with van der Waals surface area (Å²) in [7, 11) is 1.70. The Morgan fingerprint density at radius 3 is 2.85 bits per heavy atom. The van der Waals surface area contributed by atoms with Crippen molar-refractivity contribution in [2.24, 2.45) is 0 Å². The zero-order valence-electron chi connectivity index (χ0n) is 11.9. The van der Waals surface area contributed by atoms with E-state index < -0.39 is 0 Å². The highest BCUT2D eigenvalue weighted by Gasteiger charge is 2.11. The molecule has 0 amide bonds. The second kappa shape index (κ2) is 6.09. The number of fused-ring (bicyclic) bond motifs is 1. The Bertz CT molecular complexity index is 579. The quantitative estimate of drug-likeness (QED) is 0.907. The van der Waals surface area contributed by atoms with Crippen molar-refractivity contribution in [2.45, 2.75) is 12.8 Å². The third-order valence-corrected chi connectivity index (χ3v) is 3.91. The molecule has 1 aromatic heterocycles. The number of pyridine rings is 1. The van der Waals surface area contributed by atoms with Gasteiger partial charge in [-0.1, -0.05) is 12.1 Å². The number of hydrogen-bond donors (Lipinski definition) is 1. The Kier molecular flexibility index (Phi) is 4.02. The lowest BCUT2D eigenvalue weighted by atomic mass is 10.1. The molecule has 1 aliphatic rings. The maximum atomic E-state index is 5.40. The SMILES string of the molecule is COc1cccc2c(NCCN3CCCC3)nccc12. The topological polar surface area (TPSA) is 37.4 Å². The summed E-state index contributed by atoms with van der Waals surface area (Å²) < 4.78 is 5.40. The summed E-state index contributed by atoms with van der Waals surface area (Å²) in [4.78, 5) is 6.96. The van der Waals surface area contributed by atoms with Crippen LogP contribution in [0, 0.1) is 0 Å². The second-order valence-corrected chi connectivity index (χ2v) is 5.19. The average molecular weight is 271 g/mol. The number of ether oxygens (including phenoxy) is 1. The summed E-state index contributed by atoms with van der Waals surface area (Å²) in [6, 6.07) is 8.08. The molecule has 106 valence electrons. The summed E-state index contributed by atoms with van der Waals surface area (Å²) in [6.45, 7) is 4.49. The monoisotopic (exact) mass is 271 g/mol. The number of likely N-dealkylation sites (tertiary alicyclic amines) is 1. The van der Waals surface area contributed by atoms with Crippen LogP contribution in [0.2, 0.25) is 0 Å². The number of hydrogen-bond acceptors (Lipinski definition) is 4. The van der Waals surface area contributed by atoms with E-state index in [1.54, 1.807) is 7.11 Å². The molecule has 0 aliphatic carbocycles. The Balaban J connectivity index is 1.74. The van der Waals surface area contributed by atoms with Crippen LogP contribution in [0.1, 0.15) is 12.8 Å². The molecule has 1 saturated heterocycles. The Morgan fingerprint density at radius 1 is 1.20 bits per heavy atom. The average Bonchev–Trinajstić information content (AvgIpc) is 3.00. The van der Waals surface area contributed by atoms with Gasteiger partial charge >= 0.3 is 0 Å². The molecule has 1 aliphatic heterocycles. The molecule has 1 aromatic carbocycles. The molecule has 0 saturated carbocycles. The lowest BCUT2D eigenvalue weighted by Crippen LogP contribution is -2.26. The maximum Gasteiger partial charge on any atom is 0.133 e. The molecule has 0 radical (unpaired) electrons. The number of benzene rings is 1. The van der Waals surface area contributed by atoms with Crippen molar-refractivity contribution in [3.63, 3.8) is 0 Å². The van der Waals surface area contributed by atoms with Gasteiger partial charge < -0.3 is 15.0 Å². The van der Waals surface area contributed by atoms with E-state index in [1.807, 2.05) is 24.4 Å². The Morgan fingerprint density at radius 2 is 2.05 bits per heavy atom. The van der Waals surface area contributed by atoms with E-state index >= 15 is 0 Å². The van der Waals surface area contributed by atoms with E-state index in [0.29, 0.717) is 0 Å². The van der Waals surface area contributed by atoms with Crippen LogP contribution in [0.25, 0.3) is 10.8 Å². The van der Waals surface area contributed by atoms with Crippen LogP contribution in [-0.4, -0.2) is 43.2 Å². The van der Waals surface area contributed by atoms with E-state index in [9.17, 15) is 0 Å². The predicted molar refractivity (Wildman–Crippen MR) is 82.5 cm³/mol. The standard InChI is InChI=1S/C16H21N3O/c1-20-15-6-4-5-14-13(15)7-8-17-16(14)18-9-12-19-10-2-3-11-19/h4-8H,2-3,9-12H2,1H3,(H,17,18). The lowest BCUT2D eigenvalue weighted by molar-refractivity contribution is 0.352. The third-order valence-electron chi connectivity index (χ3n) is 3.91. The highest BCUT2D eigenvalue weighted by molar-refractivity contribution is 5.95. The van der Waals surface area contributed by atoms with E-state index in [4.69, 9.17) is 4.74 Å². The largest absolute Gasteiger partial charge is 0.496 e. The fourth-order valence-corrected chi connectivity index (χ4v) is 2.84. The van der Waals surface area contributed by atoms with Crippen LogP contribution < -0.4 is 10.1 Å². The zero-order chi connectivity index (χ0) is 13.8. The van der Waals surface area contributed by atoms with Crippen LogP contribution in [-0.2, 0) is 0 Å². The number of nitrogens with zero attached hydrogens (tertiary/aromatic N) is 2. The third kappa shape index (κ3) is 2.70. The molecule has 1 fully saturated rings. The fraction of sp³-hybridized carbons (Fsp3) is 0.438. The molecule has 4 nitrogen and oxygen atoms in total. The minimum Gasteiger partial charge on any atom is -0.496 e. The smallest absolute Gasteiger partial charge is 0.133 e. The molecule has 2 heterocycles. The Labute approximate surface area is 119 Å². The van der Waals surface area contributed by atoms with Crippen LogP contribution in [0.15, 0.2) is 30.5 Å². The van der Waals surface area contributed by atoms with Gasteiger partial charge in [-0.05, 0) is 38.1 Å². The first kappa shape index (κ1) is 13.2. The predicted octanol–water partition coefficient (Wildman–Crippen LogP) is 2.75. The number of methoxy groups -OCH3 is 1. The molecule has 0 atom stereocenters. The summed E-state index contributed by atoms with van der Waals surface area (Å²) in [5.41, 5.74) is 0. The van der Waals surface area contributed by atoms with Crippen LogP contribution in [0.4, 0.5) is 5.82 Å². The van der Waals surface area contributed by atoms with Crippen molar-refractivity contribution in [1.82, 2.24) is 9.88 Å². The summed E-state index contributed by atoms with van der Waals surface area (Å²) in [5, 5.41) is 5.68. The van der Waals surface area contributed by atoms with Gasteiger partial charge in [0.1, 0.15) is 11.6 Å². The molecule has 20 heavy (non-hydrogen) atoms. The first-order chi connectivity index (χ1) is 9.88. The fourth-order valence-electron chi connectivity index (χ4n) is 2.84. The van der Waals surface area contributed by atoms with Gasteiger partial charge in [-0.15, -0.1) is 0 Å². The summed E-state index contributed by atoms with van der Waals surface area (Å²) >= 11 is 0. The molecule has 1 N–H and O–H groups in total. The van der Waals surface area contributed by atoms with E-state index in [2.05, 4.69) is 21.3 Å². The minimum absolute atomic E-state index is 0.896. The molecule has 4 heteroatoms. The highest BCUT2D eigenvalue weighted by Crippen LogP contribution is 2.28. The van der Waals surface area contributed by atoms with Gasteiger partial charge in [0.25, 0.3) is 0 Å². The highest BCUT2D eigenvalue weighted by atomic mass is 16.5. The number of aromatic nitrogens is 1. The van der Waals surface area contributed by atoms with Crippen LogP contribution in [0.3, 0.4) is 0 Å². The van der Waals surface area contributed by atoms with Crippen molar-refractivity contribution < 1.29 is 4.74 Å². The second-order valence-electron chi connectivity index (χ2n) is 5.19. The van der Waals surface area contributed by atoms with Crippen molar-refractivity contribution >= 4 is 16.6 Å². The Hall–Kier alpha value is -1.81. The van der Waals surface area contributed by atoms with Gasteiger partial charge in [-0.3, -0.25) is 0 Å². The van der Waals surface area contributed by atoms with Crippen molar-refractivity contribution in [2.75, 3.05) is 38.6 Å². The molecule has 0 spiro atoms. The lowest BCUT2D eigenvalue weighted by Gasteiger charge is -2.16. The molecule has 0 unspecified atom stereocenters. The van der Waals surface area contributed by atoms with Gasteiger partial charge in [0.2, 0.25) is 0 Å². The summed E-state index contributed by atoms with van der Waals surface area (Å²) in [6.07, 6.45) is 4.51. The maximum absolute atomic E-state index is 5.40. The molecular formula is C16H21N3O. The van der Waals surface area contributed by atoms with Gasteiger partial charge in [-0.25, -0.2) is 4.98 Å². The van der Waals surface area contributed by atoms with Crippen molar-refractivity contribution in [3.8, 4) is 5.75 Å². The van der Waals surface area contributed by atoms with Crippen molar-refractivity contribution in [3.05, 3.63) is 30.5 Å². The minimum atomic E-state index is 0.896. The van der Waals surface area contributed by atoms with Crippen LogP contribution in [0.5, 0.6) is 5.75 Å². The van der Waals surface area contributed by atoms with E-state index in [0.717, 1.165) is 35.4 Å². The van der Waals surface area contributed by atoms with Crippen LogP contribution >= 0.6 is 0 Å². The molecule has 2 aromatic rings. The number of nitrogens with one attached hydrogen (secondary N) is 1. The van der Waals surface area contributed by atoms with Gasteiger partial charge in [-0.2, -0.15) is 0 Å². The number of anilines is 1. The molecule has 3 rings (SSSR count). The number of rotatable bonds is 5. The molecule has 0 bridgehead atoms. The zero-order valence-corrected chi connectivity index (χ0v) is 11.9. The van der Waals surface area contributed by atoms with Gasteiger partial charge in [0.15, 0.2) is 0 Å².